The Morgan fingerprint density at radius 3 is 1.86 bits per heavy atom. The number of rotatable bonds is 5. The molecule has 0 aliphatic carbocycles. The third-order valence-corrected chi connectivity index (χ3v) is 3.64. The lowest BCUT2D eigenvalue weighted by atomic mass is 10.5. The fourth-order valence-corrected chi connectivity index (χ4v) is 2.40. The van der Waals surface area contributed by atoms with Crippen molar-refractivity contribution in [3.05, 3.63) is 0 Å². The minimum atomic E-state index is -3.66. The van der Waals surface area contributed by atoms with Gasteiger partial charge in [0.25, 0.3) is 4.91 Å². The SMILES string of the molecule is CC(C)OP(=O)(OC(C)C)/C(Cl)=N\O. The van der Waals surface area contributed by atoms with Crippen LogP contribution in [0.3, 0.4) is 0 Å². The zero-order valence-corrected chi connectivity index (χ0v) is 10.2. The van der Waals surface area contributed by atoms with Crippen LogP contribution in [0.4, 0.5) is 0 Å². The zero-order chi connectivity index (χ0) is 11.4. The average molecular weight is 244 g/mol. The largest absolute Gasteiger partial charge is 0.409 e. The van der Waals surface area contributed by atoms with Crippen LogP contribution in [0.5, 0.6) is 0 Å². The van der Waals surface area contributed by atoms with E-state index in [0.717, 1.165) is 0 Å². The van der Waals surface area contributed by atoms with E-state index in [4.69, 9.17) is 25.9 Å². The summed E-state index contributed by atoms with van der Waals surface area (Å²) in [5.74, 6) is 0. The molecule has 0 unspecified atom stereocenters. The van der Waals surface area contributed by atoms with Crippen LogP contribution in [0.25, 0.3) is 0 Å². The van der Waals surface area contributed by atoms with E-state index in [1.54, 1.807) is 27.7 Å². The summed E-state index contributed by atoms with van der Waals surface area (Å²) in [7, 11) is -3.66. The van der Waals surface area contributed by atoms with Crippen LogP contribution >= 0.6 is 19.2 Å². The lowest BCUT2D eigenvalue weighted by Crippen LogP contribution is -2.11. The van der Waals surface area contributed by atoms with Crippen LogP contribution in [-0.4, -0.2) is 22.3 Å². The molecule has 0 atom stereocenters. The molecule has 14 heavy (non-hydrogen) atoms. The second-order valence-corrected chi connectivity index (χ2v) is 5.64. The van der Waals surface area contributed by atoms with E-state index < -0.39 is 12.5 Å². The zero-order valence-electron chi connectivity index (χ0n) is 8.60. The van der Waals surface area contributed by atoms with Crippen LogP contribution in [0.1, 0.15) is 27.7 Å². The maximum Gasteiger partial charge on any atom is 0.395 e. The molecule has 0 fully saturated rings. The van der Waals surface area contributed by atoms with Crippen LogP contribution in [0, 0.1) is 0 Å². The van der Waals surface area contributed by atoms with Gasteiger partial charge in [-0.2, -0.15) is 0 Å². The Morgan fingerprint density at radius 2 is 1.64 bits per heavy atom. The molecule has 7 heteroatoms. The Balaban J connectivity index is 4.77. The normalized spacial score (nSPS) is 14.1. The number of oxime groups is 1. The molecule has 0 aliphatic rings. The molecule has 0 saturated heterocycles. The smallest absolute Gasteiger partial charge is 0.395 e. The van der Waals surface area contributed by atoms with Crippen molar-refractivity contribution < 1.29 is 18.8 Å². The first kappa shape index (κ1) is 13.9. The van der Waals surface area contributed by atoms with E-state index in [1.165, 1.54) is 0 Å². The first-order chi connectivity index (χ1) is 6.31. The first-order valence-corrected chi connectivity index (χ1v) is 6.09. The van der Waals surface area contributed by atoms with E-state index in [9.17, 15) is 4.57 Å². The lowest BCUT2D eigenvalue weighted by molar-refractivity contribution is 0.152. The van der Waals surface area contributed by atoms with E-state index >= 15 is 0 Å². The molecule has 0 spiro atoms. The number of hydrogen-bond donors (Lipinski definition) is 1. The highest BCUT2D eigenvalue weighted by atomic mass is 35.5. The van der Waals surface area contributed by atoms with Crippen molar-refractivity contribution in [2.45, 2.75) is 39.9 Å². The predicted molar refractivity (Wildman–Crippen MR) is 55.1 cm³/mol. The highest BCUT2D eigenvalue weighted by molar-refractivity contribution is 7.77. The van der Waals surface area contributed by atoms with Gasteiger partial charge in [-0.05, 0) is 27.7 Å². The van der Waals surface area contributed by atoms with Crippen molar-refractivity contribution in [2.75, 3.05) is 0 Å². The standard InChI is InChI=1S/C7H15ClNO4P/c1-5(2)12-14(11,7(8)9-10)13-6(3)4/h5-6,10H,1-4H3/b9-7-. The molecule has 0 amide bonds. The predicted octanol–water partition coefficient (Wildman–Crippen LogP) is 3.01. The Morgan fingerprint density at radius 1 is 1.29 bits per heavy atom. The van der Waals surface area contributed by atoms with Crippen LogP contribution < -0.4 is 0 Å². The van der Waals surface area contributed by atoms with Gasteiger partial charge in [-0.1, -0.05) is 16.8 Å². The van der Waals surface area contributed by atoms with Gasteiger partial charge in [-0.25, -0.2) is 0 Å². The molecule has 5 nitrogen and oxygen atoms in total. The molecule has 0 heterocycles. The van der Waals surface area contributed by atoms with Crippen LogP contribution in [0.2, 0.25) is 0 Å². The second-order valence-electron chi connectivity index (χ2n) is 3.17. The molecule has 0 saturated carbocycles. The van der Waals surface area contributed by atoms with Gasteiger partial charge < -0.3 is 14.3 Å². The van der Waals surface area contributed by atoms with Crippen molar-refractivity contribution in [3.63, 3.8) is 0 Å². The maximum atomic E-state index is 11.9. The van der Waals surface area contributed by atoms with Gasteiger partial charge in [0.2, 0.25) is 0 Å². The van der Waals surface area contributed by atoms with Crippen molar-refractivity contribution in [2.24, 2.45) is 5.16 Å². The fourth-order valence-electron chi connectivity index (χ4n) is 0.722. The second kappa shape index (κ2) is 5.71. The van der Waals surface area contributed by atoms with Crippen molar-refractivity contribution in [1.82, 2.24) is 0 Å². The molecular weight excluding hydrogens is 229 g/mol. The summed E-state index contributed by atoms with van der Waals surface area (Å²) in [6.07, 6.45) is -0.676. The Kier molecular flexibility index (Phi) is 5.67. The quantitative estimate of drug-likeness (QED) is 0.349. The summed E-state index contributed by atoms with van der Waals surface area (Å²) in [6, 6.07) is 0. The molecular formula is C7H15ClNO4P. The van der Waals surface area contributed by atoms with Gasteiger partial charge in [0, 0.05) is 0 Å². The summed E-state index contributed by atoms with van der Waals surface area (Å²) in [5, 5.41) is 11.1. The van der Waals surface area contributed by atoms with Gasteiger partial charge in [-0.3, -0.25) is 4.57 Å². The monoisotopic (exact) mass is 243 g/mol. The van der Waals surface area contributed by atoms with Crippen LogP contribution in [-0.2, 0) is 13.6 Å². The molecule has 0 rings (SSSR count). The van der Waals surface area contributed by atoms with Gasteiger partial charge >= 0.3 is 7.60 Å². The number of nitrogens with zero attached hydrogens (tertiary/aromatic N) is 1. The Labute approximate surface area is 88.6 Å². The molecule has 0 aromatic heterocycles. The van der Waals surface area contributed by atoms with E-state index in [2.05, 4.69) is 5.16 Å². The van der Waals surface area contributed by atoms with E-state index in [1.807, 2.05) is 0 Å². The third-order valence-electron chi connectivity index (χ3n) is 1.01. The van der Waals surface area contributed by atoms with Gasteiger partial charge in [-0.15, -0.1) is 0 Å². The van der Waals surface area contributed by atoms with Crippen molar-refractivity contribution >= 4 is 24.1 Å². The fraction of sp³-hybridized carbons (Fsp3) is 0.857. The van der Waals surface area contributed by atoms with Gasteiger partial charge in [0.15, 0.2) is 0 Å². The van der Waals surface area contributed by atoms with E-state index in [0.29, 0.717) is 0 Å². The summed E-state index contributed by atoms with van der Waals surface area (Å²) < 4.78 is 21.9. The van der Waals surface area contributed by atoms with Gasteiger partial charge in [0.1, 0.15) is 0 Å². The van der Waals surface area contributed by atoms with Crippen molar-refractivity contribution in [3.8, 4) is 0 Å². The molecule has 0 aromatic carbocycles. The summed E-state index contributed by atoms with van der Waals surface area (Å²) in [4.78, 5) is -0.556. The lowest BCUT2D eigenvalue weighted by Gasteiger charge is -2.20. The maximum absolute atomic E-state index is 11.9. The topological polar surface area (TPSA) is 68.1 Å². The summed E-state index contributed by atoms with van der Waals surface area (Å²) in [6.45, 7) is 6.71. The first-order valence-electron chi connectivity index (χ1n) is 4.16. The third kappa shape index (κ3) is 4.42. The molecule has 0 radical (unpaired) electrons. The highest BCUT2D eigenvalue weighted by Crippen LogP contribution is 2.53. The van der Waals surface area contributed by atoms with Crippen LogP contribution in [0.15, 0.2) is 5.16 Å². The minimum Gasteiger partial charge on any atom is -0.409 e. The number of hydrogen-bond acceptors (Lipinski definition) is 5. The van der Waals surface area contributed by atoms with Gasteiger partial charge in [0.05, 0.1) is 12.2 Å². The Bertz CT molecular complexity index is 240. The summed E-state index contributed by atoms with van der Waals surface area (Å²) in [5.41, 5.74) is 0. The van der Waals surface area contributed by atoms with E-state index in [-0.39, 0.29) is 12.2 Å². The molecule has 0 aliphatic heterocycles. The molecule has 84 valence electrons. The highest BCUT2D eigenvalue weighted by Gasteiger charge is 2.34. The Hall–Kier alpha value is -0.0900. The molecule has 0 bridgehead atoms. The number of halogens is 1. The van der Waals surface area contributed by atoms with Crippen molar-refractivity contribution in [1.29, 1.82) is 0 Å². The summed E-state index contributed by atoms with van der Waals surface area (Å²) >= 11 is 5.45. The minimum absolute atomic E-state index is 0.338. The molecule has 0 aromatic rings. The molecule has 1 N–H and O–H groups in total. The average Bonchev–Trinajstić information content (AvgIpc) is 1.99.